The largest absolute Gasteiger partial charge is 0.485 e. The van der Waals surface area contributed by atoms with Gasteiger partial charge in [0.2, 0.25) is 5.91 Å². The highest BCUT2D eigenvalue weighted by atomic mass is 32.2. The zero-order valence-corrected chi connectivity index (χ0v) is 23.7. The molecule has 198 valence electrons. The molecule has 0 fully saturated rings. The van der Waals surface area contributed by atoms with Crippen LogP contribution >= 0.6 is 23.1 Å². The van der Waals surface area contributed by atoms with E-state index < -0.39 is 0 Å². The summed E-state index contributed by atoms with van der Waals surface area (Å²) in [6.45, 7) is 10.8. The summed E-state index contributed by atoms with van der Waals surface area (Å²) in [5.74, 6) is 1.58. The van der Waals surface area contributed by atoms with Crippen LogP contribution in [0.5, 0.6) is 5.75 Å². The molecule has 5 aromatic rings. The maximum absolute atomic E-state index is 12.7. The summed E-state index contributed by atoms with van der Waals surface area (Å²) in [5, 5.41) is 13.2. The van der Waals surface area contributed by atoms with Gasteiger partial charge in [-0.25, -0.2) is 4.98 Å². The fourth-order valence-corrected chi connectivity index (χ4v) is 5.88. The first-order valence-corrected chi connectivity index (χ1v) is 14.3. The molecule has 7 nitrogen and oxygen atoms in total. The first-order chi connectivity index (χ1) is 18.9. The Morgan fingerprint density at radius 1 is 1.10 bits per heavy atom. The number of thiazole rings is 1. The molecule has 2 aromatic heterocycles. The van der Waals surface area contributed by atoms with Gasteiger partial charge >= 0.3 is 0 Å². The summed E-state index contributed by atoms with van der Waals surface area (Å²) in [6, 6.07) is 20.0. The monoisotopic (exact) mass is 555 g/mol. The van der Waals surface area contributed by atoms with Crippen molar-refractivity contribution in [1.29, 1.82) is 0 Å². The van der Waals surface area contributed by atoms with Crippen LogP contribution in [0.1, 0.15) is 22.5 Å². The molecular weight excluding hydrogens is 526 g/mol. The third-order valence-electron chi connectivity index (χ3n) is 6.31. The van der Waals surface area contributed by atoms with E-state index in [9.17, 15) is 4.79 Å². The number of carbonyl (C=O) groups excluding carboxylic acids is 1. The molecule has 39 heavy (non-hydrogen) atoms. The van der Waals surface area contributed by atoms with Gasteiger partial charge in [-0.05, 0) is 79.9 Å². The van der Waals surface area contributed by atoms with Gasteiger partial charge in [-0.3, -0.25) is 9.36 Å². The van der Waals surface area contributed by atoms with Gasteiger partial charge in [0, 0.05) is 17.8 Å². The van der Waals surface area contributed by atoms with Crippen molar-refractivity contribution in [2.45, 2.75) is 39.1 Å². The predicted octanol–water partition coefficient (Wildman–Crippen LogP) is 6.98. The Kier molecular flexibility index (Phi) is 8.09. The molecule has 0 saturated heterocycles. The lowest BCUT2D eigenvalue weighted by Crippen LogP contribution is -2.15. The maximum atomic E-state index is 12.7. The van der Waals surface area contributed by atoms with E-state index in [1.165, 1.54) is 27.6 Å². The third kappa shape index (κ3) is 6.21. The molecule has 0 radical (unpaired) electrons. The van der Waals surface area contributed by atoms with Crippen LogP contribution in [0.25, 0.3) is 20.8 Å². The normalized spacial score (nSPS) is 11.1. The van der Waals surface area contributed by atoms with Crippen molar-refractivity contribution in [2.75, 3.05) is 11.1 Å². The first kappa shape index (κ1) is 26.6. The molecule has 0 unspecified atom stereocenters. The number of fused-ring (bicyclic) bond motifs is 1. The number of amides is 1. The van der Waals surface area contributed by atoms with E-state index in [0.717, 1.165) is 33.1 Å². The van der Waals surface area contributed by atoms with E-state index in [2.05, 4.69) is 54.1 Å². The zero-order chi connectivity index (χ0) is 27.4. The number of allylic oxidation sites excluding steroid dienone is 1. The second-order valence-electron chi connectivity index (χ2n) is 9.19. The average molecular weight is 556 g/mol. The van der Waals surface area contributed by atoms with Crippen LogP contribution in [0.15, 0.2) is 78.5 Å². The van der Waals surface area contributed by atoms with Crippen LogP contribution in [-0.4, -0.2) is 31.4 Å². The second-order valence-corrected chi connectivity index (χ2v) is 11.2. The van der Waals surface area contributed by atoms with Crippen LogP contribution in [-0.2, 0) is 17.9 Å². The summed E-state index contributed by atoms with van der Waals surface area (Å²) in [6.07, 6.45) is 1.78. The van der Waals surface area contributed by atoms with Gasteiger partial charge in [-0.15, -0.1) is 28.1 Å². The van der Waals surface area contributed by atoms with Crippen molar-refractivity contribution in [3.63, 3.8) is 0 Å². The molecule has 0 aliphatic heterocycles. The number of hydrogen-bond acceptors (Lipinski definition) is 7. The lowest BCUT2D eigenvalue weighted by Gasteiger charge is -2.12. The number of thioether (sulfide) groups is 1. The average Bonchev–Trinajstić information content (AvgIpc) is 3.52. The summed E-state index contributed by atoms with van der Waals surface area (Å²) in [7, 11) is 0. The van der Waals surface area contributed by atoms with E-state index in [4.69, 9.17) is 9.72 Å². The SMILES string of the molecule is C=CCn1c(COc2cccc(C)c2C)nnc1SCC(=O)Nc1ccc(-c2nc3ccc(C)cc3s2)cc1. The fraction of sp³-hybridized carbons (Fsp3) is 0.200. The number of benzene rings is 3. The topological polar surface area (TPSA) is 81.9 Å². The Morgan fingerprint density at radius 3 is 2.72 bits per heavy atom. The van der Waals surface area contributed by atoms with Gasteiger partial charge in [0.25, 0.3) is 0 Å². The van der Waals surface area contributed by atoms with Gasteiger partial charge < -0.3 is 10.1 Å². The summed E-state index contributed by atoms with van der Waals surface area (Å²) in [4.78, 5) is 17.4. The van der Waals surface area contributed by atoms with Crippen molar-refractivity contribution < 1.29 is 9.53 Å². The Bertz CT molecular complexity index is 1640. The summed E-state index contributed by atoms with van der Waals surface area (Å²) >= 11 is 3.00. The standard InChI is InChI=1S/C30H29N5O2S2/c1-5-15-35-27(17-37-25-8-6-7-20(3)21(25)4)33-34-30(35)38-18-28(36)31-23-12-10-22(11-13-23)29-32-24-14-9-19(2)16-26(24)39-29/h5-14,16H,1,15,17-18H2,2-4H3,(H,31,36). The fourth-order valence-electron chi connectivity index (χ4n) is 4.05. The zero-order valence-electron chi connectivity index (χ0n) is 22.1. The van der Waals surface area contributed by atoms with Crippen molar-refractivity contribution in [3.8, 4) is 16.3 Å². The molecule has 0 spiro atoms. The number of hydrogen-bond donors (Lipinski definition) is 1. The molecule has 2 heterocycles. The number of carbonyl (C=O) groups is 1. The van der Waals surface area contributed by atoms with Gasteiger partial charge in [-0.2, -0.15) is 0 Å². The van der Waals surface area contributed by atoms with Crippen LogP contribution in [0, 0.1) is 20.8 Å². The lowest BCUT2D eigenvalue weighted by atomic mass is 10.1. The minimum atomic E-state index is -0.121. The second kappa shape index (κ2) is 11.8. The number of ether oxygens (including phenoxy) is 1. The van der Waals surface area contributed by atoms with E-state index in [1.807, 2.05) is 54.0 Å². The van der Waals surface area contributed by atoms with Crippen LogP contribution < -0.4 is 10.1 Å². The summed E-state index contributed by atoms with van der Waals surface area (Å²) in [5.41, 5.74) is 6.24. The molecule has 0 aliphatic rings. The van der Waals surface area contributed by atoms with E-state index in [1.54, 1.807) is 17.4 Å². The molecule has 9 heteroatoms. The van der Waals surface area contributed by atoms with Gasteiger partial charge in [-0.1, -0.05) is 36.0 Å². The number of rotatable bonds is 10. The van der Waals surface area contributed by atoms with Crippen LogP contribution in [0.3, 0.4) is 0 Å². The first-order valence-electron chi connectivity index (χ1n) is 12.5. The highest BCUT2D eigenvalue weighted by molar-refractivity contribution is 7.99. The quantitative estimate of drug-likeness (QED) is 0.148. The van der Waals surface area contributed by atoms with Crippen molar-refractivity contribution in [1.82, 2.24) is 19.7 Å². The molecule has 0 aliphatic carbocycles. The molecule has 0 bridgehead atoms. The van der Waals surface area contributed by atoms with Crippen molar-refractivity contribution in [3.05, 3.63) is 95.8 Å². The number of nitrogens with zero attached hydrogens (tertiary/aromatic N) is 4. The highest BCUT2D eigenvalue weighted by Crippen LogP contribution is 2.31. The Morgan fingerprint density at radius 2 is 1.92 bits per heavy atom. The van der Waals surface area contributed by atoms with E-state index >= 15 is 0 Å². The minimum absolute atomic E-state index is 0.121. The number of nitrogens with one attached hydrogen (secondary N) is 1. The molecule has 1 amide bonds. The Hall–Kier alpha value is -3.95. The van der Waals surface area contributed by atoms with Crippen LogP contribution in [0.4, 0.5) is 5.69 Å². The third-order valence-corrected chi connectivity index (χ3v) is 8.34. The van der Waals surface area contributed by atoms with Crippen LogP contribution in [0.2, 0.25) is 0 Å². The highest BCUT2D eigenvalue weighted by Gasteiger charge is 2.15. The van der Waals surface area contributed by atoms with Gasteiger partial charge in [0.1, 0.15) is 17.4 Å². The Balaban J connectivity index is 1.19. The number of aromatic nitrogens is 4. The van der Waals surface area contributed by atoms with E-state index in [-0.39, 0.29) is 18.3 Å². The van der Waals surface area contributed by atoms with Crippen molar-refractivity contribution in [2.24, 2.45) is 0 Å². The van der Waals surface area contributed by atoms with Crippen molar-refractivity contribution >= 4 is 44.9 Å². The molecule has 3 aromatic carbocycles. The number of anilines is 1. The van der Waals surface area contributed by atoms with E-state index in [0.29, 0.717) is 17.5 Å². The minimum Gasteiger partial charge on any atom is -0.485 e. The number of aryl methyl sites for hydroxylation is 2. The Labute approximate surface area is 236 Å². The molecule has 1 N–H and O–H groups in total. The van der Waals surface area contributed by atoms with Gasteiger partial charge in [0.15, 0.2) is 11.0 Å². The lowest BCUT2D eigenvalue weighted by molar-refractivity contribution is -0.113. The smallest absolute Gasteiger partial charge is 0.234 e. The predicted molar refractivity (Wildman–Crippen MR) is 160 cm³/mol. The summed E-state index contributed by atoms with van der Waals surface area (Å²) < 4.78 is 9.11. The molecule has 0 saturated carbocycles. The maximum Gasteiger partial charge on any atom is 0.234 e. The molecule has 5 rings (SSSR count). The van der Waals surface area contributed by atoms with Gasteiger partial charge in [0.05, 0.1) is 16.0 Å². The molecule has 0 atom stereocenters. The molecular formula is C30H29N5O2S2.